The second-order valence-electron chi connectivity index (χ2n) is 14.2. The number of Topliss-reactive ketones (excluding diaryl/α,β-unsaturated/α-hetero) is 3. The van der Waals surface area contributed by atoms with Crippen LogP contribution < -0.4 is 0 Å². The van der Waals surface area contributed by atoms with Crippen LogP contribution in [0.5, 0.6) is 5.75 Å². The Kier molecular flexibility index (Phi) is 8.55. The van der Waals surface area contributed by atoms with Gasteiger partial charge in [0, 0.05) is 36.0 Å². The zero-order valence-electron chi connectivity index (χ0n) is 28.2. The molecule has 51 heavy (non-hydrogen) atoms. The van der Waals surface area contributed by atoms with Crippen LogP contribution in [0, 0.1) is 0 Å². The molecule has 270 valence electrons. The van der Waals surface area contributed by atoms with E-state index in [1.807, 2.05) is 0 Å². The van der Waals surface area contributed by atoms with Gasteiger partial charge in [0.1, 0.15) is 29.7 Å². The number of hydrogen-bond acceptors (Lipinski definition) is 14. The van der Waals surface area contributed by atoms with Crippen LogP contribution in [0.3, 0.4) is 0 Å². The molecule has 0 aromatic heterocycles. The molecule has 2 fully saturated rings. The number of aromatic hydroxyl groups is 1. The van der Waals surface area contributed by atoms with E-state index in [4.69, 9.17) is 23.7 Å². The molecule has 0 radical (unpaired) electrons. The van der Waals surface area contributed by atoms with Gasteiger partial charge in [-0.05, 0) is 64.1 Å². The molecule has 1 saturated carbocycles. The number of benzene rings is 1. The molecule has 7 rings (SSSR count). The third kappa shape index (κ3) is 5.61. The first kappa shape index (κ1) is 35.4. The molecule has 3 aliphatic heterocycles. The number of ether oxygens (including phenoxy) is 5. The zero-order valence-corrected chi connectivity index (χ0v) is 28.2. The van der Waals surface area contributed by atoms with Crippen molar-refractivity contribution in [3.8, 4) is 5.75 Å². The first-order chi connectivity index (χ1) is 24.0. The topological polar surface area (TPSA) is 212 Å². The molecule has 0 bridgehead atoms. The SMILES string of the molecule is CC1OC(O[C@H]2[C@H](C)O[C@H](c3ccc4c(c3O)C(=O)C3=C(C4=O)[C@]4(O)C(=O)C[C@@](C)(OC5C=CC(=O)C(C)O5)C[C@@]4(O)C=C3)C[C@@H]2O)C=CC1=O. The Morgan fingerprint density at radius 3 is 2.16 bits per heavy atom. The third-order valence-corrected chi connectivity index (χ3v) is 10.5. The molecule has 6 aliphatic rings. The summed E-state index contributed by atoms with van der Waals surface area (Å²) in [6.45, 7) is 6.30. The Bertz CT molecular complexity index is 1860. The number of aliphatic hydroxyl groups excluding tert-OH is 1. The number of hydrogen-bond donors (Lipinski definition) is 4. The number of rotatable bonds is 5. The first-order valence-corrected chi connectivity index (χ1v) is 16.8. The van der Waals surface area contributed by atoms with Crippen LogP contribution in [-0.2, 0) is 38.1 Å². The molecule has 4 unspecified atom stereocenters. The number of carbonyl (C=O) groups is 5. The van der Waals surface area contributed by atoms with Crippen LogP contribution >= 0.6 is 0 Å². The number of ketones is 5. The standard InChI is InChI=1S/C37H38O14/c1-16-22(38)7-9-27(48-16)50-34-18(3)47-25(13-24(34)40)19-5-6-20-29(31(19)42)32(43)21-11-12-36(45)15-35(4,51-28-10-8-23(39)17(2)49-28)14-26(41)37(36,46)30(21)33(20)44/h5-12,16-18,24-25,27-28,34,40,42,45-46H,13-15H2,1-4H3/t16?,17?,18-,24-,25-,27?,28?,34-,35+,36-,37+/m0/s1. The van der Waals surface area contributed by atoms with E-state index in [-0.39, 0.29) is 46.7 Å². The minimum atomic E-state index is -2.82. The van der Waals surface area contributed by atoms with Crippen molar-refractivity contribution in [2.75, 3.05) is 0 Å². The van der Waals surface area contributed by atoms with Crippen molar-refractivity contribution in [3.05, 3.63) is 76.4 Å². The van der Waals surface area contributed by atoms with Crippen molar-refractivity contribution in [3.63, 3.8) is 0 Å². The largest absolute Gasteiger partial charge is 0.507 e. The average Bonchev–Trinajstić information content (AvgIpc) is 3.05. The molecular weight excluding hydrogens is 668 g/mol. The summed E-state index contributed by atoms with van der Waals surface area (Å²) in [4.78, 5) is 65.6. The van der Waals surface area contributed by atoms with E-state index in [2.05, 4.69) is 0 Å². The molecule has 1 aromatic rings. The predicted molar refractivity (Wildman–Crippen MR) is 172 cm³/mol. The van der Waals surface area contributed by atoms with Crippen LogP contribution in [0.2, 0.25) is 0 Å². The summed E-state index contributed by atoms with van der Waals surface area (Å²) in [5.41, 5.74) is -8.14. The molecule has 1 saturated heterocycles. The fourth-order valence-electron chi connectivity index (χ4n) is 7.90. The smallest absolute Gasteiger partial charge is 0.198 e. The van der Waals surface area contributed by atoms with E-state index in [1.165, 1.54) is 43.4 Å². The van der Waals surface area contributed by atoms with Crippen molar-refractivity contribution < 1.29 is 68.1 Å². The number of carbonyl (C=O) groups excluding carboxylic acids is 5. The van der Waals surface area contributed by atoms with Crippen LogP contribution in [-0.4, -0.2) is 109 Å². The highest BCUT2D eigenvalue weighted by Crippen LogP contribution is 2.53. The summed E-state index contributed by atoms with van der Waals surface area (Å²) < 4.78 is 29.1. The summed E-state index contributed by atoms with van der Waals surface area (Å²) in [6, 6.07) is 2.63. The van der Waals surface area contributed by atoms with Crippen molar-refractivity contribution in [2.24, 2.45) is 0 Å². The lowest BCUT2D eigenvalue weighted by atomic mass is 9.57. The lowest BCUT2D eigenvalue weighted by molar-refractivity contribution is -0.243. The molecule has 1 aromatic carbocycles. The van der Waals surface area contributed by atoms with Gasteiger partial charge in [0.25, 0.3) is 0 Å². The van der Waals surface area contributed by atoms with Gasteiger partial charge < -0.3 is 44.1 Å². The van der Waals surface area contributed by atoms with Gasteiger partial charge in [-0.2, -0.15) is 0 Å². The van der Waals surface area contributed by atoms with Gasteiger partial charge in [-0.3, -0.25) is 24.0 Å². The lowest BCUT2D eigenvalue weighted by Crippen LogP contribution is -2.69. The van der Waals surface area contributed by atoms with E-state index in [0.717, 1.165) is 12.2 Å². The van der Waals surface area contributed by atoms with Crippen molar-refractivity contribution in [1.29, 1.82) is 0 Å². The Morgan fingerprint density at radius 1 is 0.863 bits per heavy atom. The quantitative estimate of drug-likeness (QED) is 0.343. The number of aliphatic hydroxyl groups is 3. The van der Waals surface area contributed by atoms with Gasteiger partial charge in [-0.15, -0.1) is 0 Å². The number of allylic oxidation sites excluding steroid dienone is 2. The Morgan fingerprint density at radius 2 is 1.51 bits per heavy atom. The number of fused-ring (bicyclic) bond motifs is 3. The number of phenols is 1. The zero-order chi connectivity index (χ0) is 36.8. The highest BCUT2D eigenvalue weighted by atomic mass is 16.7. The molecule has 3 heterocycles. The van der Waals surface area contributed by atoms with Crippen molar-refractivity contribution >= 4 is 28.9 Å². The second-order valence-corrected chi connectivity index (χ2v) is 14.2. The van der Waals surface area contributed by atoms with E-state index in [9.17, 15) is 44.4 Å². The molecule has 14 heteroatoms. The molecule has 4 N–H and O–H groups in total. The summed E-state index contributed by atoms with van der Waals surface area (Å²) >= 11 is 0. The molecule has 14 nitrogen and oxygen atoms in total. The Labute approximate surface area is 292 Å². The first-order valence-electron chi connectivity index (χ1n) is 16.8. The Hall–Kier alpha value is -3.99. The molecule has 11 atom stereocenters. The highest BCUT2D eigenvalue weighted by Gasteiger charge is 2.67. The minimum absolute atomic E-state index is 0.0682. The van der Waals surface area contributed by atoms with Gasteiger partial charge in [0.05, 0.1) is 35.0 Å². The van der Waals surface area contributed by atoms with Crippen molar-refractivity contribution in [1.82, 2.24) is 0 Å². The fraction of sp³-hybridized carbons (Fsp3) is 0.486. The van der Waals surface area contributed by atoms with Crippen LogP contribution in [0.15, 0.2) is 59.7 Å². The van der Waals surface area contributed by atoms with Gasteiger partial charge in [-0.1, -0.05) is 12.1 Å². The summed E-state index contributed by atoms with van der Waals surface area (Å²) in [5.74, 6) is -3.83. The predicted octanol–water partition coefficient (Wildman–Crippen LogP) is 1.57. The van der Waals surface area contributed by atoms with Crippen LogP contribution in [0.1, 0.15) is 79.3 Å². The molecule has 0 spiro atoms. The monoisotopic (exact) mass is 706 g/mol. The molecule has 0 amide bonds. The summed E-state index contributed by atoms with van der Waals surface area (Å²) in [6.07, 6.45) is -0.316. The highest BCUT2D eigenvalue weighted by molar-refractivity contribution is 6.32. The van der Waals surface area contributed by atoms with Crippen molar-refractivity contribution in [2.45, 2.75) is 113 Å². The molecular formula is C37H38O14. The Balaban J connectivity index is 1.14. The van der Waals surface area contributed by atoms with E-state index >= 15 is 0 Å². The van der Waals surface area contributed by atoms with E-state index < -0.39 is 101 Å². The fourth-order valence-corrected chi connectivity index (χ4v) is 7.90. The third-order valence-electron chi connectivity index (χ3n) is 10.5. The van der Waals surface area contributed by atoms with Gasteiger partial charge in [-0.25, -0.2) is 0 Å². The van der Waals surface area contributed by atoms with Gasteiger partial charge in [0.15, 0.2) is 47.1 Å². The minimum Gasteiger partial charge on any atom is -0.507 e. The average molecular weight is 707 g/mol. The van der Waals surface area contributed by atoms with Gasteiger partial charge >= 0.3 is 0 Å². The maximum absolute atomic E-state index is 14.1. The maximum atomic E-state index is 14.1. The summed E-state index contributed by atoms with van der Waals surface area (Å²) in [7, 11) is 0. The van der Waals surface area contributed by atoms with E-state index in [1.54, 1.807) is 20.8 Å². The number of phenolic OH excluding ortho intramolecular Hbond substituents is 1. The second kappa shape index (κ2) is 12.3. The lowest BCUT2D eigenvalue weighted by Gasteiger charge is -2.53. The summed E-state index contributed by atoms with van der Waals surface area (Å²) in [5, 5.41) is 46.4. The van der Waals surface area contributed by atoms with Crippen LogP contribution in [0.4, 0.5) is 0 Å². The van der Waals surface area contributed by atoms with Crippen LogP contribution in [0.25, 0.3) is 0 Å². The maximum Gasteiger partial charge on any atom is 0.198 e. The van der Waals surface area contributed by atoms with E-state index in [0.29, 0.717) is 0 Å². The van der Waals surface area contributed by atoms with Gasteiger partial charge in [0.2, 0.25) is 0 Å². The normalized spacial score (nSPS) is 40.7. The molecule has 3 aliphatic carbocycles.